The third kappa shape index (κ3) is 2.31. The fourth-order valence-corrected chi connectivity index (χ4v) is 2.01. The highest BCUT2D eigenvalue weighted by molar-refractivity contribution is 9.10. The highest BCUT2D eigenvalue weighted by atomic mass is 79.9. The molecule has 0 aromatic heterocycles. The number of aryl methyl sites for hydroxylation is 2. The van der Waals surface area contributed by atoms with E-state index in [0.29, 0.717) is 0 Å². The SMILES string of the molecule is Cc1cc(-c2ccc(Br)c(C)c2)ccc1Cl. The molecule has 0 aliphatic heterocycles. The second kappa shape index (κ2) is 4.60. The second-order valence-corrected chi connectivity index (χ2v) is 5.19. The Morgan fingerprint density at radius 3 is 2.00 bits per heavy atom. The number of rotatable bonds is 1. The van der Waals surface area contributed by atoms with Gasteiger partial charge in [0.2, 0.25) is 0 Å². The fourth-order valence-electron chi connectivity index (χ4n) is 1.65. The third-order valence-corrected chi connectivity index (χ3v) is 3.96. The number of benzene rings is 2. The van der Waals surface area contributed by atoms with Gasteiger partial charge in [-0.3, -0.25) is 0 Å². The number of hydrogen-bond donors (Lipinski definition) is 0. The quantitative estimate of drug-likeness (QED) is 0.662. The molecular formula is C14H12BrCl. The van der Waals surface area contributed by atoms with Gasteiger partial charge < -0.3 is 0 Å². The molecule has 0 saturated carbocycles. The van der Waals surface area contributed by atoms with E-state index in [-0.39, 0.29) is 0 Å². The van der Waals surface area contributed by atoms with Crippen LogP contribution < -0.4 is 0 Å². The van der Waals surface area contributed by atoms with Crippen LogP contribution in [0.3, 0.4) is 0 Å². The van der Waals surface area contributed by atoms with E-state index in [1.807, 2.05) is 13.0 Å². The van der Waals surface area contributed by atoms with Crippen molar-refractivity contribution in [1.82, 2.24) is 0 Å². The number of hydrogen-bond acceptors (Lipinski definition) is 0. The van der Waals surface area contributed by atoms with Crippen molar-refractivity contribution in [3.63, 3.8) is 0 Å². The first-order valence-corrected chi connectivity index (χ1v) is 6.27. The average molecular weight is 296 g/mol. The van der Waals surface area contributed by atoms with E-state index in [2.05, 4.69) is 53.2 Å². The molecule has 0 spiro atoms. The molecule has 2 aromatic carbocycles. The van der Waals surface area contributed by atoms with E-state index in [4.69, 9.17) is 11.6 Å². The Morgan fingerprint density at radius 1 is 0.875 bits per heavy atom. The van der Waals surface area contributed by atoms with Gasteiger partial charge in [-0.05, 0) is 54.3 Å². The number of halogens is 2. The second-order valence-electron chi connectivity index (χ2n) is 3.93. The lowest BCUT2D eigenvalue weighted by molar-refractivity contribution is 1.41. The fraction of sp³-hybridized carbons (Fsp3) is 0.143. The zero-order valence-electron chi connectivity index (χ0n) is 9.22. The molecule has 16 heavy (non-hydrogen) atoms. The molecule has 2 aromatic rings. The van der Waals surface area contributed by atoms with Gasteiger partial charge in [0.1, 0.15) is 0 Å². The highest BCUT2D eigenvalue weighted by Gasteiger charge is 2.02. The van der Waals surface area contributed by atoms with Crippen molar-refractivity contribution in [3.05, 3.63) is 57.0 Å². The molecule has 0 unspecified atom stereocenters. The van der Waals surface area contributed by atoms with Crippen molar-refractivity contribution in [2.24, 2.45) is 0 Å². The summed E-state index contributed by atoms with van der Waals surface area (Å²) in [5.74, 6) is 0. The minimum Gasteiger partial charge on any atom is -0.0841 e. The standard InChI is InChI=1S/C14H12BrCl/c1-9-7-11(3-5-13(9)15)12-4-6-14(16)10(2)8-12/h3-8H,1-2H3. The third-order valence-electron chi connectivity index (χ3n) is 2.65. The minimum absolute atomic E-state index is 0.817. The van der Waals surface area contributed by atoms with Crippen LogP contribution in [-0.4, -0.2) is 0 Å². The van der Waals surface area contributed by atoms with Crippen LogP contribution in [0.25, 0.3) is 11.1 Å². The summed E-state index contributed by atoms with van der Waals surface area (Å²) in [7, 11) is 0. The molecular weight excluding hydrogens is 284 g/mol. The van der Waals surface area contributed by atoms with Crippen LogP contribution in [0.2, 0.25) is 5.02 Å². The summed E-state index contributed by atoms with van der Waals surface area (Å²) in [6.07, 6.45) is 0. The summed E-state index contributed by atoms with van der Waals surface area (Å²) in [6, 6.07) is 12.5. The molecule has 0 atom stereocenters. The first-order chi connectivity index (χ1) is 7.58. The average Bonchev–Trinajstić information content (AvgIpc) is 2.26. The van der Waals surface area contributed by atoms with E-state index in [9.17, 15) is 0 Å². The largest absolute Gasteiger partial charge is 0.0841 e. The lowest BCUT2D eigenvalue weighted by Gasteiger charge is -2.06. The summed E-state index contributed by atoms with van der Waals surface area (Å²) in [5.41, 5.74) is 4.78. The lowest BCUT2D eigenvalue weighted by Crippen LogP contribution is -1.83. The molecule has 0 amide bonds. The molecule has 2 rings (SSSR count). The zero-order chi connectivity index (χ0) is 11.7. The maximum absolute atomic E-state index is 6.02. The highest BCUT2D eigenvalue weighted by Crippen LogP contribution is 2.27. The van der Waals surface area contributed by atoms with E-state index < -0.39 is 0 Å². The molecule has 0 aliphatic rings. The first-order valence-electron chi connectivity index (χ1n) is 5.10. The van der Waals surface area contributed by atoms with Gasteiger partial charge in [0.05, 0.1) is 0 Å². The van der Waals surface area contributed by atoms with Gasteiger partial charge in [-0.2, -0.15) is 0 Å². The Balaban J connectivity index is 2.50. The Bertz CT molecular complexity index is 483. The van der Waals surface area contributed by atoms with Crippen LogP contribution in [0.1, 0.15) is 11.1 Å². The van der Waals surface area contributed by atoms with Gasteiger partial charge in [-0.1, -0.05) is 45.7 Å². The van der Waals surface area contributed by atoms with E-state index in [1.54, 1.807) is 0 Å². The Morgan fingerprint density at radius 2 is 1.44 bits per heavy atom. The molecule has 82 valence electrons. The zero-order valence-corrected chi connectivity index (χ0v) is 11.6. The van der Waals surface area contributed by atoms with Crippen molar-refractivity contribution in [3.8, 4) is 11.1 Å². The van der Waals surface area contributed by atoms with Gasteiger partial charge in [0.15, 0.2) is 0 Å². The van der Waals surface area contributed by atoms with Crippen LogP contribution in [-0.2, 0) is 0 Å². The predicted molar refractivity (Wildman–Crippen MR) is 74.1 cm³/mol. The Labute approximate surface area is 109 Å². The molecule has 0 saturated heterocycles. The lowest BCUT2D eigenvalue weighted by atomic mass is 10.0. The van der Waals surface area contributed by atoms with Crippen molar-refractivity contribution < 1.29 is 0 Å². The van der Waals surface area contributed by atoms with Crippen molar-refractivity contribution >= 4 is 27.5 Å². The van der Waals surface area contributed by atoms with Crippen molar-refractivity contribution in [1.29, 1.82) is 0 Å². The van der Waals surface area contributed by atoms with Gasteiger partial charge in [-0.25, -0.2) is 0 Å². The Kier molecular flexibility index (Phi) is 3.36. The summed E-state index contributed by atoms with van der Waals surface area (Å²) in [6.45, 7) is 4.12. The van der Waals surface area contributed by atoms with E-state index in [1.165, 1.54) is 16.7 Å². The molecule has 0 heterocycles. The van der Waals surface area contributed by atoms with Gasteiger partial charge in [0.25, 0.3) is 0 Å². The summed E-state index contributed by atoms with van der Waals surface area (Å²) in [5, 5.41) is 0.817. The first kappa shape index (κ1) is 11.7. The van der Waals surface area contributed by atoms with Gasteiger partial charge in [0, 0.05) is 9.50 Å². The Hall–Kier alpha value is -0.790. The van der Waals surface area contributed by atoms with Crippen molar-refractivity contribution in [2.45, 2.75) is 13.8 Å². The maximum atomic E-state index is 6.02. The van der Waals surface area contributed by atoms with Crippen LogP contribution >= 0.6 is 27.5 Å². The summed E-state index contributed by atoms with van der Waals surface area (Å²) >= 11 is 9.52. The molecule has 0 fully saturated rings. The minimum atomic E-state index is 0.817. The molecule has 0 nitrogen and oxygen atoms in total. The maximum Gasteiger partial charge on any atom is 0.0435 e. The topological polar surface area (TPSA) is 0 Å². The molecule has 2 heteroatoms. The predicted octanol–water partition coefficient (Wildman–Crippen LogP) is 5.39. The normalized spacial score (nSPS) is 10.5. The van der Waals surface area contributed by atoms with Crippen LogP contribution in [0.15, 0.2) is 40.9 Å². The molecule has 0 bridgehead atoms. The molecule has 0 aliphatic carbocycles. The van der Waals surface area contributed by atoms with Crippen LogP contribution in [0.5, 0.6) is 0 Å². The molecule has 0 N–H and O–H groups in total. The van der Waals surface area contributed by atoms with Gasteiger partial charge in [-0.15, -0.1) is 0 Å². The van der Waals surface area contributed by atoms with Crippen molar-refractivity contribution in [2.75, 3.05) is 0 Å². The van der Waals surface area contributed by atoms with E-state index in [0.717, 1.165) is 15.1 Å². The summed E-state index contributed by atoms with van der Waals surface area (Å²) < 4.78 is 1.14. The molecule has 0 radical (unpaired) electrons. The summed E-state index contributed by atoms with van der Waals surface area (Å²) in [4.78, 5) is 0. The van der Waals surface area contributed by atoms with Gasteiger partial charge >= 0.3 is 0 Å². The van der Waals surface area contributed by atoms with Crippen LogP contribution in [0, 0.1) is 13.8 Å². The smallest absolute Gasteiger partial charge is 0.0435 e. The van der Waals surface area contributed by atoms with Crippen LogP contribution in [0.4, 0.5) is 0 Å². The monoisotopic (exact) mass is 294 g/mol. The van der Waals surface area contributed by atoms with E-state index >= 15 is 0 Å².